The van der Waals surface area contributed by atoms with Crippen LogP contribution in [0.25, 0.3) is 0 Å². The Bertz CT molecular complexity index is 917. The lowest BCUT2D eigenvalue weighted by Gasteiger charge is -2.28. The molecule has 0 aliphatic rings. The maximum Gasteiger partial charge on any atom is 0.340 e. The van der Waals surface area contributed by atoms with Crippen LogP contribution in [0.1, 0.15) is 34.6 Å². The summed E-state index contributed by atoms with van der Waals surface area (Å²) in [4.78, 5) is 38.1. The molecular formula is C21H21N3O4. The van der Waals surface area contributed by atoms with Gasteiger partial charge in [-0.3, -0.25) is 9.59 Å². The van der Waals surface area contributed by atoms with Crippen molar-refractivity contribution >= 4 is 23.5 Å². The van der Waals surface area contributed by atoms with Crippen LogP contribution in [0.4, 0.5) is 5.69 Å². The number of ether oxygens (including phenoxy) is 1. The SMILES string of the molecule is CN(C(=O)COC(=O)c1ccccc1NC(=O)c1ccccc1)C(C)(C)C#N. The molecule has 0 saturated carbocycles. The Labute approximate surface area is 163 Å². The van der Waals surface area contributed by atoms with E-state index in [0.29, 0.717) is 5.56 Å². The molecule has 2 aromatic carbocycles. The molecule has 28 heavy (non-hydrogen) atoms. The second-order valence-electron chi connectivity index (χ2n) is 6.57. The summed E-state index contributed by atoms with van der Waals surface area (Å²) < 4.78 is 5.09. The number of rotatable bonds is 6. The topological polar surface area (TPSA) is 99.5 Å². The summed E-state index contributed by atoms with van der Waals surface area (Å²) in [6.45, 7) is 2.66. The standard InChI is InChI=1S/C21H21N3O4/c1-21(2,14-22)24(3)18(25)13-28-20(27)16-11-7-8-12-17(16)23-19(26)15-9-5-4-6-10-15/h4-12H,13H2,1-3H3,(H,23,26). The highest BCUT2D eigenvalue weighted by Crippen LogP contribution is 2.18. The highest BCUT2D eigenvalue weighted by atomic mass is 16.5. The smallest absolute Gasteiger partial charge is 0.340 e. The van der Waals surface area contributed by atoms with Crippen LogP contribution in [0.5, 0.6) is 0 Å². The van der Waals surface area contributed by atoms with Crippen molar-refractivity contribution in [1.82, 2.24) is 4.90 Å². The Kier molecular flexibility index (Phi) is 6.51. The molecule has 1 N–H and O–H groups in total. The zero-order valence-corrected chi connectivity index (χ0v) is 15.9. The van der Waals surface area contributed by atoms with E-state index in [1.54, 1.807) is 62.4 Å². The second-order valence-corrected chi connectivity index (χ2v) is 6.57. The molecule has 0 aliphatic carbocycles. The van der Waals surface area contributed by atoms with E-state index in [2.05, 4.69) is 5.32 Å². The summed E-state index contributed by atoms with van der Waals surface area (Å²) in [5.41, 5.74) is -0.173. The van der Waals surface area contributed by atoms with Gasteiger partial charge >= 0.3 is 5.97 Å². The molecule has 2 rings (SSSR count). The molecule has 0 spiro atoms. The van der Waals surface area contributed by atoms with Gasteiger partial charge in [-0.05, 0) is 38.1 Å². The minimum atomic E-state index is -1.02. The van der Waals surface area contributed by atoms with Gasteiger partial charge in [-0.15, -0.1) is 0 Å². The molecule has 0 aromatic heterocycles. The quantitative estimate of drug-likeness (QED) is 0.778. The van der Waals surface area contributed by atoms with Crippen molar-refractivity contribution in [2.45, 2.75) is 19.4 Å². The molecule has 144 valence electrons. The van der Waals surface area contributed by atoms with Crippen LogP contribution in [0.2, 0.25) is 0 Å². The number of nitrogens with zero attached hydrogens (tertiary/aromatic N) is 2. The molecule has 0 radical (unpaired) electrons. The first-order valence-electron chi connectivity index (χ1n) is 8.56. The van der Waals surface area contributed by atoms with Crippen LogP contribution in [-0.2, 0) is 9.53 Å². The largest absolute Gasteiger partial charge is 0.452 e. The maximum absolute atomic E-state index is 12.4. The lowest BCUT2D eigenvalue weighted by atomic mass is 10.1. The van der Waals surface area contributed by atoms with E-state index in [9.17, 15) is 14.4 Å². The highest BCUT2D eigenvalue weighted by molar-refractivity contribution is 6.08. The number of hydrogen-bond acceptors (Lipinski definition) is 5. The first-order chi connectivity index (χ1) is 13.3. The summed E-state index contributed by atoms with van der Waals surface area (Å²) in [6, 6.07) is 16.9. The number of anilines is 1. The van der Waals surface area contributed by atoms with E-state index < -0.39 is 24.0 Å². The van der Waals surface area contributed by atoms with Gasteiger partial charge in [-0.1, -0.05) is 30.3 Å². The fourth-order valence-electron chi connectivity index (χ4n) is 2.24. The molecule has 2 aromatic rings. The second kappa shape index (κ2) is 8.82. The van der Waals surface area contributed by atoms with Crippen LogP contribution in [0.3, 0.4) is 0 Å². The monoisotopic (exact) mass is 379 g/mol. The van der Waals surface area contributed by atoms with Gasteiger partial charge in [0.25, 0.3) is 11.8 Å². The van der Waals surface area contributed by atoms with Crippen molar-refractivity contribution in [2.75, 3.05) is 19.0 Å². The fourth-order valence-corrected chi connectivity index (χ4v) is 2.24. The van der Waals surface area contributed by atoms with E-state index in [4.69, 9.17) is 10.00 Å². The molecule has 0 unspecified atom stereocenters. The number of benzene rings is 2. The van der Waals surface area contributed by atoms with E-state index in [0.717, 1.165) is 0 Å². The first-order valence-corrected chi connectivity index (χ1v) is 8.56. The Morgan fingerprint density at radius 3 is 2.32 bits per heavy atom. The summed E-state index contributed by atoms with van der Waals surface area (Å²) in [5.74, 6) is -1.63. The molecule has 7 nitrogen and oxygen atoms in total. The summed E-state index contributed by atoms with van der Waals surface area (Å²) in [6.07, 6.45) is 0. The Morgan fingerprint density at radius 2 is 1.68 bits per heavy atom. The third kappa shape index (κ3) is 4.95. The first kappa shape index (κ1) is 20.6. The van der Waals surface area contributed by atoms with E-state index in [1.807, 2.05) is 6.07 Å². The van der Waals surface area contributed by atoms with Gasteiger partial charge < -0.3 is 15.0 Å². The number of nitrogens with one attached hydrogen (secondary N) is 1. The molecule has 0 fully saturated rings. The van der Waals surface area contributed by atoms with Gasteiger partial charge in [0.05, 0.1) is 17.3 Å². The molecule has 0 atom stereocenters. The predicted octanol–water partition coefficient (Wildman–Crippen LogP) is 2.86. The van der Waals surface area contributed by atoms with Gasteiger partial charge in [0.1, 0.15) is 5.54 Å². The lowest BCUT2D eigenvalue weighted by molar-refractivity contribution is -0.136. The number of amides is 2. The minimum absolute atomic E-state index is 0.127. The molecule has 2 amide bonds. The van der Waals surface area contributed by atoms with Gasteiger partial charge in [0, 0.05) is 12.6 Å². The Balaban J connectivity index is 2.08. The molecule has 0 saturated heterocycles. The number of carbonyl (C=O) groups excluding carboxylic acids is 3. The van der Waals surface area contributed by atoms with Crippen LogP contribution in [0, 0.1) is 11.3 Å². The van der Waals surface area contributed by atoms with Gasteiger partial charge in [0.15, 0.2) is 6.61 Å². The van der Waals surface area contributed by atoms with Crippen molar-refractivity contribution < 1.29 is 19.1 Å². The van der Waals surface area contributed by atoms with E-state index >= 15 is 0 Å². The average molecular weight is 379 g/mol. The molecule has 0 aliphatic heterocycles. The Hall–Kier alpha value is -3.66. The van der Waals surface area contributed by atoms with Crippen molar-refractivity contribution in [3.8, 4) is 6.07 Å². The van der Waals surface area contributed by atoms with Gasteiger partial charge in [0.2, 0.25) is 0 Å². The molecular weight excluding hydrogens is 358 g/mol. The fraction of sp³-hybridized carbons (Fsp3) is 0.238. The number of likely N-dealkylation sites (N-methyl/N-ethyl adjacent to an activating group) is 1. The summed E-state index contributed by atoms with van der Waals surface area (Å²) in [7, 11) is 1.47. The van der Waals surface area contributed by atoms with Crippen LogP contribution >= 0.6 is 0 Å². The summed E-state index contributed by atoms with van der Waals surface area (Å²) in [5, 5.41) is 11.8. The van der Waals surface area contributed by atoms with E-state index in [-0.39, 0.29) is 17.2 Å². The number of nitriles is 1. The van der Waals surface area contributed by atoms with Crippen molar-refractivity contribution in [2.24, 2.45) is 0 Å². The van der Waals surface area contributed by atoms with Gasteiger partial charge in [-0.25, -0.2) is 4.79 Å². The normalized spacial score (nSPS) is 10.5. The van der Waals surface area contributed by atoms with Crippen molar-refractivity contribution in [3.63, 3.8) is 0 Å². The number of hydrogen-bond donors (Lipinski definition) is 1. The zero-order valence-electron chi connectivity index (χ0n) is 15.9. The average Bonchev–Trinajstić information content (AvgIpc) is 2.72. The Morgan fingerprint density at radius 1 is 1.07 bits per heavy atom. The zero-order chi connectivity index (χ0) is 20.7. The molecule has 0 bridgehead atoms. The van der Waals surface area contributed by atoms with Crippen LogP contribution in [0.15, 0.2) is 54.6 Å². The molecule has 7 heteroatoms. The van der Waals surface area contributed by atoms with Crippen molar-refractivity contribution in [1.29, 1.82) is 5.26 Å². The van der Waals surface area contributed by atoms with Crippen molar-refractivity contribution in [3.05, 3.63) is 65.7 Å². The highest BCUT2D eigenvalue weighted by Gasteiger charge is 2.28. The third-order valence-electron chi connectivity index (χ3n) is 4.24. The number of para-hydroxylation sites is 1. The number of esters is 1. The van der Waals surface area contributed by atoms with Crippen LogP contribution < -0.4 is 5.32 Å². The van der Waals surface area contributed by atoms with E-state index in [1.165, 1.54) is 18.0 Å². The van der Waals surface area contributed by atoms with Gasteiger partial charge in [-0.2, -0.15) is 5.26 Å². The molecule has 0 heterocycles. The minimum Gasteiger partial charge on any atom is -0.452 e. The van der Waals surface area contributed by atoms with Crippen LogP contribution in [-0.4, -0.2) is 41.9 Å². The predicted molar refractivity (Wildman–Crippen MR) is 104 cm³/mol. The summed E-state index contributed by atoms with van der Waals surface area (Å²) >= 11 is 0. The maximum atomic E-state index is 12.4. The lowest BCUT2D eigenvalue weighted by Crippen LogP contribution is -2.45. The third-order valence-corrected chi connectivity index (χ3v) is 4.24. The number of carbonyl (C=O) groups is 3.